The van der Waals surface area contributed by atoms with Crippen molar-refractivity contribution in [1.29, 1.82) is 0 Å². The number of imidazole rings is 1. The summed E-state index contributed by atoms with van der Waals surface area (Å²) < 4.78 is 28.1. The first-order valence-corrected chi connectivity index (χ1v) is 9.51. The van der Waals surface area contributed by atoms with Crippen LogP contribution in [0, 0.1) is 0 Å². The molecule has 4 heterocycles. The minimum absolute atomic E-state index is 0.0557. The third-order valence-electron chi connectivity index (χ3n) is 4.20. The van der Waals surface area contributed by atoms with Gasteiger partial charge in [0.05, 0.1) is 15.8 Å². The van der Waals surface area contributed by atoms with Crippen molar-refractivity contribution in [1.82, 2.24) is 24.3 Å². The van der Waals surface area contributed by atoms with Crippen LogP contribution in [0.3, 0.4) is 0 Å². The van der Waals surface area contributed by atoms with E-state index in [1.165, 1.54) is 18.3 Å². The highest BCUT2D eigenvalue weighted by Gasteiger charge is 2.26. The van der Waals surface area contributed by atoms with Gasteiger partial charge in [-0.2, -0.15) is 0 Å². The molecule has 0 saturated heterocycles. The number of aromatic nitrogens is 5. The van der Waals surface area contributed by atoms with Crippen molar-refractivity contribution in [2.75, 3.05) is 0 Å². The number of fused-ring (bicyclic) bond motifs is 5. The summed E-state index contributed by atoms with van der Waals surface area (Å²) in [5.41, 5.74) is 2.50. The van der Waals surface area contributed by atoms with Crippen molar-refractivity contribution in [3.63, 3.8) is 0 Å². The van der Waals surface area contributed by atoms with Gasteiger partial charge in [-0.05, 0) is 30.3 Å². The summed E-state index contributed by atoms with van der Waals surface area (Å²) in [5, 5.41) is 0.738. The summed E-state index contributed by atoms with van der Waals surface area (Å²) in [6.45, 7) is 0. The molecule has 5 rings (SSSR count). The average molecular weight is 384 g/mol. The van der Waals surface area contributed by atoms with Crippen LogP contribution in [0.15, 0.2) is 65.0 Å². The van der Waals surface area contributed by atoms with E-state index in [4.69, 9.17) is 11.6 Å². The maximum Gasteiger partial charge on any atom is 0.224 e. The summed E-state index contributed by atoms with van der Waals surface area (Å²) >= 11 is 5.97. The van der Waals surface area contributed by atoms with Crippen LogP contribution < -0.4 is 0 Å². The molecule has 0 radical (unpaired) electrons. The Morgan fingerprint density at radius 3 is 2.85 bits per heavy atom. The molecular formula is C17H10ClN5O2S. The Bertz CT molecular complexity index is 1420. The largest absolute Gasteiger partial charge is 0.339 e. The molecule has 0 atom stereocenters. The Morgan fingerprint density at radius 2 is 2.00 bits per heavy atom. The van der Waals surface area contributed by atoms with Gasteiger partial charge in [-0.15, -0.1) is 0 Å². The van der Waals surface area contributed by atoms with Crippen LogP contribution in [0.5, 0.6) is 0 Å². The molecule has 9 heteroatoms. The van der Waals surface area contributed by atoms with Crippen molar-refractivity contribution in [2.45, 2.75) is 9.92 Å². The van der Waals surface area contributed by atoms with Gasteiger partial charge in [0.2, 0.25) is 9.84 Å². The molecule has 0 aliphatic rings. The molecule has 0 aliphatic carbocycles. The summed E-state index contributed by atoms with van der Waals surface area (Å²) in [4.78, 5) is 16.1. The van der Waals surface area contributed by atoms with E-state index < -0.39 is 9.84 Å². The van der Waals surface area contributed by atoms with Crippen molar-refractivity contribution in [3.05, 3.63) is 60.1 Å². The summed E-state index contributed by atoms with van der Waals surface area (Å²) in [6, 6.07) is 9.60. The number of pyridine rings is 1. The average Bonchev–Trinajstić information content (AvgIpc) is 3.17. The van der Waals surface area contributed by atoms with E-state index in [0.717, 1.165) is 0 Å². The Balaban J connectivity index is 1.90. The van der Waals surface area contributed by atoms with Crippen LogP contribution >= 0.6 is 11.6 Å². The number of sulfone groups is 1. The van der Waals surface area contributed by atoms with Gasteiger partial charge in [0.15, 0.2) is 5.03 Å². The molecule has 5 aromatic rings. The lowest BCUT2D eigenvalue weighted by atomic mass is 10.3. The Morgan fingerprint density at radius 1 is 1.12 bits per heavy atom. The summed E-state index contributed by atoms with van der Waals surface area (Å²) in [5.74, 6) is 0. The first-order chi connectivity index (χ1) is 12.6. The lowest BCUT2D eigenvalue weighted by Crippen LogP contribution is -2.05. The van der Waals surface area contributed by atoms with Crippen LogP contribution in [-0.4, -0.2) is 32.8 Å². The monoisotopic (exact) mass is 383 g/mol. The molecule has 0 saturated carbocycles. The summed E-state index contributed by atoms with van der Waals surface area (Å²) in [7, 11) is -3.87. The quantitative estimate of drug-likeness (QED) is 0.505. The third-order valence-corrected chi connectivity index (χ3v) is 6.13. The highest BCUT2D eigenvalue weighted by atomic mass is 35.5. The second-order valence-corrected chi connectivity index (χ2v) is 8.04. The van der Waals surface area contributed by atoms with E-state index in [1.54, 1.807) is 41.2 Å². The fourth-order valence-electron chi connectivity index (χ4n) is 3.05. The topological polar surface area (TPSA) is 93.0 Å². The predicted octanol–water partition coefficient (Wildman–Crippen LogP) is 3.25. The zero-order valence-corrected chi connectivity index (χ0v) is 14.7. The molecule has 1 aromatic carbocycles. The molecular weight excluding hydrogens is 374 g/mol. The summed E-state index contributed by atoms with van der Waals surface area (Å²) in [6.07, 6.45) is 4.71. The van der Waals surface area contributed by atoms with E-state index in [9.17, 15) is 8.42 Å². The minimum atomic E-state index is -3.87. The first-order valence-electron chi connectivity index (χ1n) is 7.65. The molecule has 0 amide bonds. The van der Waals surface area contributed by atoms with Gasteiger partial charge in [-0.1, -0.05) is 17.7 Å². The van der Waals surface area contributed by atoms with E-state index in [2.05, 4.69) is 19.9 Å². The molecule has 0 aliphatic heterocycles. The molecule has 128 valence electrons. The number of hydrogen-bond acceptors (Lipinski definition) is 5. The second kappa shape index (κ2) is 5.26. The normalized spacial score (nSPS) is 12.3. The fraction of sp³-hybridized carbons (Fsp3) is 0. The Hall–Kier alpha value is -2.97. The lowest BCUT2D eigenvalue weighted by molar-refractivity contribution is 0.593. The number of nitrogens with zero attached hydrogens (tertiary/aromatic N) is 4. The number of nitrogens with one attached hydrogen (secondary N) is 1. The molecule has 0 spiro atoms. The smallest absolute Gasteiger partial charge is 0.224 e. The number of H-pyrrole nitrogens is 1. The van der Waals surface area contributed by atoms with Crippen molar-refractivity contribution < 1.29 is 8.42 Å². The highest BCUT2D eigenvalue weighted by molar-refractivity contribution is 7.91. The van der Waals surface area contributed by atoms with Crippen LogP contribution in [0.25, 0.3) is 27.7 Å². The number of hydrogen-bond donors (Lipinski definition) is 1. The molecule has 4 aromatic heterocycles. The Kier molecular flexibility index (Phi) is 3.10. The van der Waals surface area contributed by atoms with Gasteiger partial charge < -0.3 is 4.98 Å². The molecule has 0 fully saturated rings. The molecule has 0 bridgehead atoms. The van der Waals surface area contributed by atoms with Crippen LogP contribution in [0.1, 0.15) is 0 Å². The van der Waals surface area contributed by atoms with Crippen molar-refractivity contribution in [3.8, 4) is 0 Å². The van der Waals surface area contributed by atoms with Gasteiger partial charge in [0.25, 0.3) is 0 Å². The molecule has 1 N–H and O–H groups in total. The molecule has 7 nitrogen and oxygen atoms in total. The first kappa shape index (κ1) is 15.3. The van der Waals surface area contributed by atoms with Gasteiger partial charge in [0.1, 0.15) is 23.1 Å². The van der Waals surface area contributed by atoms with E-state index >= 15 is 0 Å². The lowest BCUT2D eigenvalue weighted by Gasteiger charge is -2.05. The standard InChI is InChI=1S/C17H10ClN5O2S/c18-10-2-1-3-11(8-10)26(24,25)17-14-12(4-7-20-17)21-16-15(14)22-13-5-6-19-9-23(13)16/h1-9,21H. The second-order valence-electron chi connectivity index (χ2n) is 5.74. The number of halogens is 1. The predicted molar refractivity (Wildman–Crippen MR) is 97.0 cm³/mol. The third kappa shape index (κ3) is 2.06. The zero-order chi connectivity index (χ0) is 17.9. The van der Waals surface area contributed by atoms with Crippen LogP contribution in [-0.2, 0) is 9.84 Å². The fourth-order valence-corrected chi connectivity index (χ4v) is 4.74. The van der Waals surface area contributed by atoms with Gasteiger partial charge in [-0.25, -0.2) is 23.4 Å². The minimum Gasteiger partial charge on any atom is -0.339 e. The van der Waals surface area contributed by atoms with Gasteiger partial charge in [-0.3, -0.25) is 4.40 Å². The van der Waals surface area contributed by atoms with E-state index in [0.29, 0.717) is 32.7 Å². The van der Waals surface area contributed by atoms with E-state index in [1.807, 2.05) is 0 Å². The van der Waals surface area contributed by atoms with Crippen molar-refractivity contribution in [2.24, 2.45) is 0 Å². The highest BCUT2D eigenvalue weighted by Crippen LogP contribution is 2.32. The zero-order valence-electron chi connectivity index (χ0n) is 13.1. The van der Waals surface area contributed by atoms with Crippen LogP contribution in [0.4, 0.5) is 0 Å². The maximum absolute atomic E-state index is 13.2. The SMILES string of the molecule is O=S(=O)(c1cccc(Cl)c1)c1nccc2[nH]c3c(nc4ccncn43)c12. The number of rotatable bonds is 2. The van der Waals surface area contributed by atoms with Gasteiger partial charge >= 0.3 is 0 Å². The number of benzene rings is 1. The Labute approximate surface area is 152 Å². The van der Waals surface area contributed by atoms with Crippen LogP contribution in [0.2, 0.25) is 5.02 Å². The van der Waals surface area contributed by atoms with Gasteiger partial charge in [0, 0.05) is 17.4 Å². The van der Waals surface area contributed by atoms with Crippen molar-refractivity contribution >= 4 is 49.2 Å². The number of aromatic amines is 1. The maximum atomic E-state index is 13.2. The molecule has 0 unspecified atom stereocenters. The molecule has 26 heavy (non-hydrogen) atoms. The van der Waals surface area contributed by atoms with E-state index in [-0.39, 0.29) is 9.92 Å².